The van der Waals surface area contributed by atoms with Crippen LogP contribution < -0.4 is 23.7 Å². The average Bonchev–Trinajstić information content (AvgIpc) is 2.60. The number of hydrogen-bond acceptors (Lipinski definition) is 5. The van der Waals surface area contributed by atoms with Crippen molar-refractivity contribution in [1.29, 1.82) is 0 Å². The van der Waals surface area contributed by atoms with Gasteiger partial charge >= 0.3 is 0 Å². The zero-order valence-corrected chi connectivity index (χ0v) is 19.3. The highest BCUT2D eigenvalue weighted by Gasteiger charge is 2.20. The molecule has 0 radical (unpaired) electrons. The van der Waals surface area contributed by atoms with Crippen LogP contribution in [0.25, 0.3) is 0 Å². The number of ether oxygens (including phenoxy) is 5. The van der Waals surface area contributed by atoms with Crippen LogP contribution in [0, 0.1) is 21.0 Å². The highest BCUT2D eigenvalue weighted by molar-refractivity contribution is 14.1. The first kappa shape index (κ1) is 20.2. The van der Waals surface area contributed by atoms with E-state index in [1.54, 1.807) is 28.4 Å². The second kappa shape index (κ2) is 8.52. The van der Waals surface area contributed by atoms with E-state index in [4.69, 9.17) is 23.7 Å². The van der Waals surface area contributed by atoms with Crippen molar-refractivity contribution < 1.29 is 23.7 Å². The maximum atomic E-state index is 6.18. The molecule has 5 nitrogen and oxygen atoms in total. The quantitative estimate of drug-likeness (QED) is 0.440. The first-order chi connectivity index (χ1) is 11.9. The maximum Gasteiger partial charge on any atom is 0.148 e. The second-order valence-corrected chi connectivity index (χ2v) is 7.36. The molecule has 2 aromatic carbocycles. The SMILES string of the molecule is COc1cc(Oc2cc(OC)c(C)c(OC)c2I)c(I)c(OC)c1C. The van der Waals surface area contributed by atoms with Gasteiger partial charge in [-0.2, -0.15) is 0 Å². The summed E-state index contributed by atoms with van der Waals surface area (Å²) >= 11 is 4.42. The molecular weight excluding hydrogens is 550 g/mol. The Labute approximate surface area is 175 Å². The summed E-state index contributed by atoms with van der Waals surface area (Å²) < 4.78 is 29.8. The Morgan fingerprint density at radius 1 is 0.600 bits per heavy atom. The summed E-state index contributed by atoms with van der Waals surface area (Å²) in [5, 5.41) is 0. The number of methoxy groups -OCH3 is 4. The number of halogens is 2. The van der Waals surface area contributed by atoms with Crippen molar-refractivity contribution in [2.45, 2.75) is 13.8 Å². The molecule has 0 N–H and O–H groups in total. The van der Waals surface area contributed by atoms with E-state index in [-0.39, 0.29) is 0 Å². The molecule has 0 aliphatic heterocycles. The van der Waals surface area contributed by atoms with Crippen LogP contribution >= 0.6 is 45.2 Å². The first-order valence-corrected chi connectivity index (χ1v) is 9.55. The topological polar surface area (TPSA) is 46.2 Å². The van der Waals surface area contributed by atoms with Gasteiger partial charge in [-0.3, -0.25) is 0 Å². The molecule has 0 saturated heterocycles. The van der Waals surface area contributed by atoms with Gasteiger partial charge in [-0.1, -0.05) is 0 Å². The van der Waals surface area contributed by atoms with Gasteiger partial charge in [-0.25, -0.2) is 0 Å². The smallest absolute Gasteiger partial charge is 0.148 e. The number of rotatable bonds is 6. The zero-order valence-electron chi connectivity index (χ0n) is 15.0. The van der Waals surface area contributed by atoms with E-state index in [0.717, 1.165) is 29.8 Å². The number of benzene rings is 2. The molecule has 0 bridgehead atoms. The lowest BCUT2D eigenvalue weighted by atomic mass is 10.1. The molecule has 0 heterocycles. The van der Waals surface area contributed by atoms with Crippen molar-refractivity contribution in [3.63, 3.8) is 0 Å². The molecule has 0 amide bonds. The fraction of sp³-hybridized carbons (Fsp3) is 0.333. The van der Waals surface area contributed by atoms with Gasteiger partial charge in [-0.15, -0.1) is 0 Å². The molecule has 0 aromatic heterocycles. The van der Waals surface area contributed by atoms with E-state index in [2.05, 4.69) is 45.2 Å². The van der Waals surface area contributed by atoms with E-state index in [1.807, 2.05) is 26.0 Å². The van der Waals surface area contributed by atoms with Crippen molar-refractivity contribution in [2.24, 2.45) is 0 Å². The molecule has 2 aromatic rings. The van der Waals surface area contributed by atoms with E-state index >= 15 is 0 Å². The van der Waals surface area contributed by atoms with Crippen LogP contribution in [-0.4, -0.2) is 28.4 Å². The van der Waals surface area contributed by atoms with E-state index in [9.17, 15) is 0 Å². The third-order valence-corrected chi connectivity index (χ3v) is 5.89. The van der Waals surface area contributed by atoms with Gasteiger partial charge < -0.3 is 23.7 Å². The van der Waals surface area contributed by atoms with Gasteiger partial charge in [0.1, 0.15) is 34.5 Å². The molecule has 136 valence electrons. The summed E-state index contributed by atoms with van der Waals surface area (Å²) in [4.78, 5) is 0. The summed E-state index contributed by atoms with van der Waals surface area (Å²) in [6.07, 6.45) is 0. The van der Waals surface area contributed by atoms with Crippen LogP contribution in [-0.2, 0) is 0 Å². The predicted molar refractivity (Wildman–Crippen MR) is 114 cm³/mol. The highest BCUT2D eigenvalue weighted by atomic mass is 127. The van der Waals surface area contributed by atoms with Gasteiger partial charge in [0.15, 0.2) is 0 Å². The molecule has 0 spiro atoms. The second-order valence-electron chi connectivity index (χ2n) is 5.20. The Balaban J connectivity index is 2.61. The van der Waals surface area contributed by atoms with Crippen LogP contribution in [0.4, 0.5) is 0 Å². The minimum Gasteiger partial charge on any atom is -0.496 e. The molecule has 0 unspecified atom stereocenters. The Bertz CT molecular complexity index is 725. The maximum absolute atomic E-state index is 6.18. The normalized spacial score (nSPS) is 10.4. The minimum absolute atomic E-state index is 0.644. The van der Waals surface area contributed by atoms with Crippen LogP contribution in [0.2, 0.25) is 0 Å². The lowest BCUT2D eigenvalue weighted by molar-refractivity contribution is 0.370. The fourth-order valence-corrected chi connectivity index (χ4v) is 4.32. The van der Waals surface area contributed by atoms with Crippen molar-refractivity contribution in [1.82, 2.24) is 0 Å². The molecule has 0 atom stereocenters. The fourth-order valence-electron chi connectivity index (χ4n) is 2.53. The molecule has 7 heteroatoms. The Morgan fingerprint density at radius 2 is 0.960 bits per heavy atom. The average molecular weight is 570 g/mol. The number of hydrogen-bond donors (Lipinski definition) is 0. The van der Waals surface area contributed by atoms with Crippen LogP contribution in [0.3, 0.4) is 0 Å². The molecule has 0 fully saturated rings. The molecular formula is C18H20I2O5. The molecule has 25 heavy (non-hydrogen) atoms. The van der Waals surface area contributed by atoms with Crippen LogP contribution in [0.15, 0.2) is 12.1 Å². The highest BCUT2D eigenvalue weighted by Crippen LogP contribution is 2.45. The summed E-state index contributed by atoms with van der Waals surface area (Å²) in [6.45, 7) is 3.90. The van der Waals surface area contributed by atoms with Gasteiger partial charge in [0, 0.05) is 23.3 Å². The minimum atomic E-state index is 0.644. The van der Waals surface area contributed by atoms with E-state index in [1.165, 1.54) is 0 Å². The summed E-state index contributed by atoms with van der Waals surface area (Å²) in [5.41, 5.74) is 1.85. The Morgan fingerprint density at radius 3 is 1.24 bits per heavy atom. The van der Waals surface area contributed by atoms with Gasteiger partial charge in [0.2, 0.25) is 0 Å². The largest absolute Gasteiger partial charge is 0.496 e. The van der Waals surface area contributed by atoms with Crippen molar-refractivity contribution >= 4 is 45.2 Å². The van der Waals surface area contributed by atoms with Crippen molar-refractivity contribution in [3.05, 3.63) is 30.4 Å². The summed E-state index contributed by atoms with van der Waals surface area (Å²) in [7, 11) is 6.52. The predicted octanol–water partition coefficient (Wildman–Crippen LogP) is 5.34. The third kappa shape index (κ3) is 3.86. The lowest BCUT2D eigenvalue weighted by Gasteiger charge is -2.19. The van der Waals surface area contributed by atoms with Crippen molar-refractivity contribution in [3.8, 4) is 34.5 Å². The lowest BCUT2D eigenvalue weighted by Crippen LogP contribution is -2.01. The zero-order chi connectivity index (χ0) is 18.7. The van der Waals surface area contributed by atoms with Crippen molar-refractivity contribution in [2.75, 3.05) is 28.4 Å². The molecule has 0 saturated carbocycles. The monoisotopic (exact) mass is 570 g/mol. The standard InChI is InChI=1S/C18H20I2O5/c1-9-11(21-3)7-13(15(19)17(9)23-5)25-14-8-12(22-4)10(2)18(24-6)16(14)20/h7-8H,1-6H3. The molecule has 0 aliphatic rings. The summed E-state index contributed by atoms with van der Waals surface area (Å²) in [5.74, 6) is 4.16. The van der Waals surface area contributed by atoms with E-state index < -0.39 is 0 Å². The summed E-state index contributed by atoms with van der Waals surface area (Å²) in [6, 6.07) is 3.71. The van der Waals surface area contributed by atoms with Crippen LogP contribution in [0.5, 0.6) is 34.5 Å². The molecule has 2 rings (SSSR count). The Kier molecular flexibility index (Phi) is 6.89. The van der Waals surface area contributed by atoms with Gasteiger partial charge in [0.25, 0.3) is 0 Å². The van der Waals surface area contributed by atoms with Gasteiger partial charge in [0.05, 0.1) is 35.6 Å². The van der Waals surface area contributed by atoms with Gasteiger partial charge in [-0.05, 0) is 59.0 Å². The third-order valence-electron chi connectivity index (χ3n) is 3.84. The molecule has 0 aliphatic carbocycles. The first-order valence-electron chi connectivity index (χ1n) is 7.39. The Hall–Kier alpha value is -1.10. The van der Waals surface area contributed by atoms with E-state index in [0.29, 0.717) is 23.0 Å². The van der Waals surface area contributed by atoms with Crippen LogP contribution in [0.1, 0.15) is 11.1 Å².